The molecule has 0 aliphatic heterocycles. The van der Waals surface area contributed by atoms with Crippen molar-refractivity contribution in [3.05, 3.63) is 110 Å². The molecule has 0 unspecified atom stereocenters. The van der Waals surface area contributed by atoms with Crippen LogP contribution in [0.1, 0.15) is 22.2 Å². The molecule has 0 fully saturated rings. The standard InChI is InChI=1S/C24H20Cl2N4O3S/c1-16-27-28-24(30(16)19-5-3-2-4-6-19)34-23(14-29(31)32)18-8-10-20(11-9-18)33-15-17-7-12-21(25)22(26)13-17/h2-13,23H,14-15H2,1H3/t23-/m1/s1. The van der Waals surface area contributed by atoms with Crippen molar-refractivity contribution in [1.82, 2.24) is 14.8 Å². The van der Waals surface area contributed by atoms with E-state index in [9.17, 15) is 10.1 Å². The molecule has 0 amide bonds. The Balaban J connectivity index is 1.51. The van der Waals surface area contributed by atoms with E-state index in [1.54, 1.807) is 24.3 Å². The van der Waals surface area contributed by atoms with E-state index in [-0.39, 0.29) is 11.5 Å². The number of benzene rings is 3. The summed E-state index contributed by atoms with van der Waals surface area (Å²) in [7, 11) is 0. The van der Waals surface area contributed by atoms with Crippen LogP contribution in [0, 0.1) is 17.0 Å². The Labute approximate surface area is 210 Å². The fourth-order valence-corrected chi connectivity index (χ4v) is 4.84. The fourth-order valence-electron chi connectivity index (χ4n) is 3.34. The van der Waals surface area contributed by atoms with E-state index in [1.807, 2.05) is 60.0 Å². The number of thioether (sulfide) groups is 1. The highest BCUT2D eigenvalue weighted by molar-refractivity contribution is 7.99. The highest BCUT2D eigenvalue weighted by atomic mass is 35.5. The number of hydrogen-bond donors (Lipinski definition) is 0. The van der Waals surface area contributed by atoms with Gasteiger partial charge in [0.15, 0.2) is 5.16 Å². The summed E-state index contributed by atoms with van der Waals surface area (Å²) in [6.07, 6.45) is 0. The normalized spacial score (nSPS) is 11.9. The van der Waals surface area contributed by atoms with Crippen LogP contribution < -0.4 is 4.74 Å². The van der Waals surface area contributed by atoms with E-state index >= 15 is 0 Å². The third-order valence-corrected chi connectivity index (χ3v) is 6.93. The molecule has 0 bridgehead atoms. The Hall–Kier alpha value is -3.07. The van der Waals surface area contributed by atoms with Crippen LogP contribution in [0.5, 0.6) is 5.75 Å². The van der Waals surface area contributed by atoms with Gasteiger partial charge >= 0.3 is 0 Å². The molecule has 174 valence electrons. The van der Waals surface area contributed by atoms with Crippen molar-refractivity contribution >= 4 is 35.0 Å². The summed E-state index contributed by atoms with van der Waals surface area (Å²) in [6, 6.07) is 22.3. The zero-order valence-corrected chi connectivity index (χ0v) is 20.4. The zero-order valence-electron chi connectivity index (χ0n) is 18.1. The maximum absolute atomic E-state index is 11.4. The molecular weight excluding hydrogens is 495 g/mol. The average molecular weight is 515 g/mol. The number of aryl methyl sites for hydroxylation is 1. The van der Waals surface area contributed by atoms with E-state index in [1.165, 1.54) is 11.8 Å². The molecule has 7 nitrogen and oxygen atoms in total. The van der Waals surface area contributed by atoms with Crippen molar-refractivity contribution < 1.29 is 9.66 Å². The summed E-state index contributed by atoms with van der Waals surface area (Å²) in [5.41, 5.74) is 2.58. The fraction of sp³-hybridized carbons (Fsp3) is 0.167. The quantitative estimate of drug-likeness (QED) is 0.142. The number of rotatable bonds is 9. The molecule has 0 spiro atoms. The van der Waals surface area contributed by atoms with Crippen molar-refractivity contribution in [3.8, 4) is 11.4 Å². The second-order valence-electron chi connectivity index (χ2n) is 7.43. The summed E-state index contributed by atoms with van der Waals surface area (Å²) in [6.45, 7) is 1.92. The molecule has 3 aromatic carbocycles. The Bertz CT molecular complexity index is 1280. The molecule has 1 heterocycles. The van der Waals surface area contributed by atoms with Crippen LogP contribution in [-0.4, -0.2) is 26.2 Å². The lowest BCUT2D eigenvalue weighted by atomic mass is 10.1. The van der Waals surface area contributed by atoms with Crippen molar-refractivity contribution in [2.75, 3.05) is 6.54 Å². The molecule has 1 atom stereocenters. The predicted octanol–water partition coefficient (Wildman–Crippen LogP) is 6.57. The van der Waals surface area contributed by atoms with Crippen molar-refractivity contribution in [2.45, 2.75) is 23.9 Å². The summed E-state index contributed by atoms with van der Waals surface area (Å²) in [5, 5.41) is 21.0. The van der Waals surface area contributed by atoms with E-state index in [2.05, 4.69) is 10.2 Å². The van der Waals surface area contributed by atoms with Gasteiger partial charge in [-0.1, -0.05) is 71.4 Å². The highest BCUT2D eigenvalue weighted by Crippen LogP contribution is 2.36. The smallest absolute Gasteiger partial charge is 0.220 e. The van der Waals surface area contributed by atoms with E-state index in [4.69, 9.17) is 27.9 Å². The van der Waals surface area contributed by atoms with Crippen LogP contribution in [0.3, 0.4) is 0 Å². The second-order valence-corrected chi connectivity index (χ2v) is 9.41. The van der Waals surface area contributed by atoms with Crippen LogP contribution in [0.2, 0.25) is 10.0 Å². The topological polar surface area (TPSA) is 83.1 Å². The molecule has 0 aliphatic rings. The molecule has 0 radical (unpaired) electrons. The SMILES string of the molecule is Cc1nnc(S[C@H](C[N+](=O)[O-])c2ccc(OCc3ccc(Cl)c(Cl)c3)cc2)n1-c1ccccc1. The summed E-state index contributed by atoms with van der Waals surface area (Å²) >= 11 is 13.3. The minimum atomic E-state index is -0.454. The maximum Gasteiger partial charge on any atom is 0.220 e. The Morgan fingerprint density at radius 1 is 1.03 bits per heavy atom. The minimum absolute atomic E-state index is 0.255. The number of halogens is 2. The Morgan fingerprint density at radius 3 is 2.44 bits per heavy atom. The molecule has 0 saturated carbocycles. The van der Waals surface area contributed by atoms with Gasteiger partial charge in [0.1, 0.15) is 23.4 Å². The average Bonchev–Trinajstić information content (AvgIpc) is 3.20. The monoisotopic (exact) mass is 514 g/mol. The first kappa shape index (κ1) is 24.1. The van der Waals surface area contributed by atoms with Gasteiger partial charge in [0.05, 0.1) is 10.0 Å². The number of nitro groups is 1. The number of ether oxygens (including phenoxy) is 1. The van der Waals surface area contributed by atoms with Gasteiger partial charge in [-0.3, -0.25) is 14.7 Å². The van der Waals surface area contributed by atoms with Gasteiger partial charge in [-0.25, -0.2) is 0 Å². The highest BCUT2D eigenvalue weighted by Gasteiger charge is 2.23. The van der Waals surface area contributed by atoms with Gasteiger partial charge in [-0.05, 0) is 54.4 Å². The van der Waals surface area contributed by atoms with E-state index < -0.39 is 5.25 Å². The largest absolute Gasteiger partial charge is 0.489 e. The van der Waals surface area contributed by atoms with Crippen LogP contribution in [-0.2, 0) is 6.61 Å². The molecule has 0 aliphatic carbocycles. The zero-order chi connectivity index (χ0) is 24.1. The van der Waals surface area contributed by atoms with Crippen LogP contribution in [0.4, 0.5) is 0 Å². The Kier molecular flexibility index (Phi) is 7.72. The van der Waals surface area contributed by atoms with E-state index in [0.29, 0.717) is 33.4 Å². The molecule has 34 heavy (non-hydrogen) atoms. The van der Waals surface area contributed by atoms with Crippen molar-refractivity contribution in [1.29, 1.82) is 0 Å². The maximum atomic E-state index is 11.4. The third kappa shape index (κ3) is 5.88. The number of para-hydroxylation sites is 1. The summed E-state index contributed by atoms with van der Waals surface area (Å²) < 4.78 is 7.73. The Morgan fingerprint density at radius 2 is 1.76 bits per heavy atom. The van der Waals surface area contributed by atoms with E-state index in [0.717, 1.165) is 16.8 Å². The van der Waals surface area contributed by atoms with Gasteiger partial charge in [-0.2, -0.15) is 0 Å². The molecule has 4 aromatic rings. The van der Waals surface area contributed by atoms with Gasteiger partial charge in [0.2, 0.25) is 6.54 Å². The minimum Gasteiger partial charge on any atom is -0.489 e. The molecule has 4 rings (SSSR count). The second kappa shape index (κ2) is 10.9. The van der Waals surface area contributed by atoms with Crippen molar-refractivity contribution in [3.63, 3.8) is 0 Å². The third-order valence-electron chi connectivity index (χ3n) is 5.01. The van der Waals surface area contributed by atoms with Gasteiger partial charge in [-0.15, -0.1) is 10.2 Å². The predicted molar refractivity (Wildman–Crippen MR) is 134 cm³/mol. The first-order valence-electron chi connectivity index (χ1n) is 10.3. The lowest BCUT2D eigenvalue weighted by Crippen LogP contribution is -2.11. The number of aromatic nitrogens is 3. The first-order chi connectivity index (χ1) is 16.4. The summed E-state index contributed by atoms with van der Waals surface area (Å²) in [4.78, 5) is 11.1. The van der Waals surface area contributed by atoms with Crippen LogP contribution in [0.25, 0.3) is 5.69 Å². The van der Waals surface area contributed by atoms with Crippen LogP contribution >= 0.6 is 35.0 Å². The van der Waals surface area contributed by atoms with Gasteiger partial charge < -0.3 is 4.74 Å². The number of nitrogens with zero attached hydrogens (tertiary/aromatic N) is 4. The van der Waals surface area contributed by atoms with Gasteiger partial charge in [0.25, 0.3) is 0 Å². The van der Waals surface area contributed by atoms with Crippen molar-refractivity contribution in [2.24, 2.45) is 0 Å². The number of hydrogen-bond acceptors (Lipinski definition) is 6. The first-order valence-corrected chi connectivity index (χ1v) is 12.0. The van der Waals surface area contributed by atoms with Gasteiger partial charge in [0, 0.05) is 10.6 Å². The molecule has 0 saturated heterocycles. The summed E-state index contributed by atoms with van der Waals surface area (Å²) in [5.74, 6) is 1.35. The molecular formula is C24H20Cl2N4O3S. The van der Waals surface area contributed by atoms with Crippen LogP contribution in [0.15, 0.2) is 78.0 Å². The molecule has 10 heteroatoms. The molecule has 0 N–H and O–H groups in total. The lowest BCUT2D eigenvalue weighted by Gasteiger charge is -2.15. The lowest BCUT2D eigenvalue weighted by molar-refractivity contribution is -0.479. The molecule has 1 aromatic heterocycles.